The second-order valence-corrected chi connectivity index (χ2v) is 9.06. The van der Waals surface area contributed by atoms with Gasteiger partial charge in [0.15, 0.2) is 0 Å². The van der Waals surface area contributed by atoms with E-state index in [0.717, 1.165) is 11.8 Å². The zero-order chi connectivity index (χ0) is 26.1. The highest BCUT2D eigenvalue weighted by atomic mass is 35.5. The molecule has 1 atom stereocenters. The molecule has 0 saturated heterocycles. The Labute approximate surface area is 219 Å². The molecular formula is C26H26ClN3O5S. The summed E-state index contributed by atoms with van der Waals surface area (Å²) in [4.78, 5) is 25.7. The number of allylic oxidation sites excluding steroid dienone is 2. The van der Waals surface area contributed by atoms with Crippen molar-refractivity contribution >= 4 is 40.9 Å². The van der Waals surface area contributed by atoms with Gasteiger partial charge in [-0.05, 0) is 30.7 Å². The molecule has 2 aromatic rings. The minimum absolute atomic E-state index is 0.0286. The number of amides is 1. The largest absolute Gasteiger partial charge is 0.497 e. The third-order valence-corrected chi connectivity index (χ3v) is 6.67. The standard InChI is InChI=1S/C26H26ClN3O5S/c1-16-23(26(32)35-12-11-33-2)24(19-9-4-5-10-21(19)27)20(14-28)25(29-16)36-15-22(31)30-17-7-6-8-18(13-17)34-3/h4-10,13,24,29H,11-12,15H2,1-3H3,(H,30,31). The van der Waals surface area contributed by atoms with Crippen molar-refractivity contribution in [3.63, 3.8) is 0 Å². The predicted octanol–water partition coefficient (Wildman–Crippen LogP) is 4.61. The predicted molar refractivity (Wildman–Crippen MR) is 140 cm³/mol. The van der Waals surface area contributed by atoms with Crippen molar-refractivity contribution in [1.29, 1.82) is 5.26 Å². The smallest absolute Gasteiger partial charge is 0.336 e. The lowest BCUT2D eigenvalue weighted by molar-refractivity contribution is -0.140. The molecule has 0 aliphatic carbocycles. The summed E-state index contributed by atoms with van der Waals surface area (Å²) in [5.41, 5.74) is 2.25. The van der Waals surface area contributed by atoms with Crippen LogP contribution in [0.5, 0.6) is 5.75 Å². The number of benzene rings is 2. The fourth-order valence-corrected chi connectivity index (χ4v) is 4.78. The first kappa shape index (κ1) is 27.1. The summed E-state index contributed by atoms with van der Waals surface area (Å²) in [5.74, 6) is -0.947. The van der Waals surface area contributed by atoms with Crippen LogP contribution in [0.1, 0.15) is 18.4 Å². The minimum atomic E-state index is -0.760. The van der Waals surface area contributed by atoms with Gasteiger partial charge in [0.05, 0.1) is 47.6 Å². The number of nitrogens with zero attached hydrogens (tertiary/aromatic N) is 1. The van der Waals surface area contributed by atoms with Crippen molar-refractivity contribution in [2.75, 3.05) is 38.5 Å². The summed E-state index contributed by atoms with van der Waals surface area (Å²) in [6.07, 6.45) is 0. The minimum Gasteiger partial charge on any atom is -0.497 e. The lowest BCUT2D eigenvalue weighted by atomic mass is 9.82. The number of esters is 1. The van der Waals surface area contributed by atoms with E-state index >= 15 is 0 Å². The van der Waals surface area contributed by atoms with E-state index in [0.29, 0.717) is 32.7 Å². The van der Waals surface area contributed by atoms with E-state index in [-0.39, 0.29) is 36.0 Å². The topological polar surface area (TPSA) is 110 Å². The Balaban J connectivity index is 1.88. The number of anilines is 1. The Morgan fingerprint density at radius 2 is 1.94 bits per heavy atom. The van der Waals surface area contributed by atoms with Gasteiger partial charge in [-0.2, -0.15) is 5.26 Å². The molecular weight excluding hydrogens is 502 g/mol. The number of ether oxygens (including phenoxy) is 3. The highest BCUT2D eigenvalue weighted by molar-refractivity contribution is 8.03. The monoisotopic (exact) mass is 527 g/mol. The van der Waals surface area contributed by atoms with Crippen LogP contribution >= 0.6 is 23.4 Å². The number of carbonyl (C=O) groups excluding carboxylic acids is 2. The van der Waals surface area contributed by atoms with Crippen LogP contribution in [0.4, 0.5) is 5.69 Å². The lowest BCUT2D eigenvalue weighted by Gasteiger charge is -2.29. The van der Waals surface area contributed by atoms with Crippen LogP contribution < -0.4 is 15.4 Å². The van der Waals surface area contributed by atoms with Crippen molar-refractivity contribution in [3.8, 4) is 11.8 Å². The number of rotatable bonds is 10. The van der Waals surface area contributed by atoms with Crippen molar-refractivity contribution < 1.29 is 23.8 Å². The molecule has 8 nitrogen and oxygen atoms in total. The maximum atomic E-state index is 13.0. The van der Waals surface area contributed by atoms with Crippen molar-refractivity contribution in [1.82, 2.24) is 5.32 Å². The van der Waals surface area contributed by atoms with Crippen LogP contribution in [0.15, 0.2) is 70.4 Å². The van der Waals surface area contributed by atoms with Gasteiger partial charge in [0.25, 0.3) is 0 Å². The van der Waals surface area contributed by atoms with Gasteiger partial charge in [-0.15, -0.1) is 0 Å². The number of thioether (sulfide) groups is 1. The van der Waals surface area contributed by atoms with Gasteiger partial charge in [0.1, 0.15) is 12.4 Å². The van der Waals surface area contributed by atoms with Gasteiger partial charge in [0.2, 0.25) is 5.91 Å². The van der Waals surface area contributed by atoms with Crippen LogP contribution in [-0.4, -0.2) is 45.1 Å². The van der Waals surface area contributed by atoms with Crippen LogP contribution in [0, 0.1) is 11.3 Å². The maximum Gasteiger partial charge on any atom is 0.336 e. The molecule has 0 radical (unpaired) electrons. The molecule has 188 valence electrons. The average Bonchev–Trinajstić information content (AvgIpc) is 2.87. The first-order valence-corrected chi connectivity index (χ1v) is 12.3. The number of dihydropyridines is 1. The molecule has 0 spiro atoms. The zero-order valence-electron chi connectivity index (χ0n) is 20.1. The highest BCUT2D eigenvalue weighted by Gasteiger charge is 2.36. The van der Waals surface area contributed by atoms with Gasteiger partial charge < -0.3 is 24.8 Å². The number of halogens is 1. The van der Waals surface area contributed by atoms with E-state index in [1.807, 2.05) is 0 Å². The van der Waals surface area contributed by atoms with Crippen molar-refractivity contribution in [2.45, 2.75) is 12.8 Å². The van der Waals surface area contributed by atoms with Gasteiger partial charge in [-0.1, -0.05) is 47.6 Å². The van der Waals surface area contributed by atoms with Gasteiger partial charge >= 0.3 is 5.97 Å². The summed E-state index contributed by atoms with van der Waals surface area (Å²) in [7, 11) is 3.06. The molecule has 2 N–H and O–H groups in total. The van der Waals surface area contributed by atoms with Crippen molar-refractivity contribution in [3.05, 3.63) is 81.0 Å². The Kier molecular flexibility index (Phi) is 9.82. The summed E-state index contributed by atoms with van der Waals surface area (Å²) in [6.45, 7) is 2.04. The molecule has 36 heavy (non-hydrogen) atoms. The van der Waals surface area contributed by atoms with E-state index in [2.05, 4.69) is 16.7 Å². The second kappa shape index (κ2) is 13.0. The molecule has 3 rings (SSSR count). The molecule has 1 unspecified atom stereocenters. The molecule has 0 fully saturated rings. The second-order valence-electron chi connectivity index (χ2n) is 7.67. The Morgan fingerprint density at radius 1 is 1.17 bits per heavy atom. The van der Waals surface area contributed by atoms with E-state index in [1.165, 1.54) is 7.11 Å². The molecule has 0 aromatic heterocycles. The number of carbonyl (C=O) groups is 2. The van der Waals surface area contributed by atoms with Gasteiger partial charge in [-0.3, -0.25) is 4.79 Å². The highest BCUT2D eigenvalue weighted by Crippen LogP contribution is 2.43. The maximum absolute atomic E-state index is 13.0. The molecule has 1 aliphatic heterocycles. The normalized spacial score (nSPS) is 15.1. The third kappa shape index (κ3) is 6.61. The summed E-state index contributed by atoms with van der Waals surface area (Å²) in [5, 5.41) is 16.9. The Morgan fingerprint density at radius 3 is 2.64 bits per heavy atom. The zero-order valence-corrected chi connectivity index (χ0v) is 21.7. The number of methoxy groups -OCH3 is 2. The quantitative estimate of drug-likeness (QED) is 0.340. The fourth-order valence-electron chi connectivity index (χ4n) is 3.65. The molecule has 0 bridgehead atoms. The fraction of sp³-hybridized carbons (Fsp3) is 0.269. The SMILES string of the molecule is COCCOC(=O)C1=C(C)NC(SCC(=O)Nc2cccc(OC)c2)=C(C#N)C1c1ccccc1Cl. The number of hydrogen-bond donors (Lipinski definition) is 2. The molecule has 0 saturated carbocycles. The van der Waals surface area contributed by atoms with Gasteiger partial charge in [0, 0.05) is 29.6 Å². The summed E-state index contributed by atoms with van der Waals surface area (Å²) < 4.78 is 15.5. The van der Waals surface area contributed by atoms with Crippen LogP contribution in [0.2, 0.25) is 5.02 Å². The summed E-state index contributed by atoms with van der Waals surface area (Å²) in [6, 6.07) is 16.3. The first-order valence-electron chi connectivity index (χ1n) is 11.0. The Bertz CT molecular complexity index is 1240. The number of hydrogen-bond acceptors (Lipinski definition) is 8. The van der Waals surface area contributed by atoms with E-state index in [1.54, 1.807) is 62.6 Å². The number of nitriles is 1. The molecule has 1 amide bonds. The average molecular weight is 528 g/mol. The lowest BCUT2D eigenvalue weighted by Crippen LogP contribution is -2.30. The number of nitrogens with one attached hydrogen (secondary N) is 2. The third-order valence-electron chi connectivity index (χ3n) is 5.31. The van der Waals surface area contributed by atoms with E-state index < -0.39 is 11.9 Å². The summed E-state index contributed by atoms with van der Waals surface area (Å²) >= 11 is 7.65. The van der Waals surface area contributed by atoms with E-state index in [4.69, 9.17) is 25.8 Å². The van der Waals surface area contributed by atoms with Crippen molar-refractivity contribution in [2.24, 2.45) is 0 Å². The van der Waals surface area contributed by atoms with Crippen LogP contribution in [0.25, 0.3) is 0 Å². The van der Waals surface area contributed by atoms with Crippen LogP contribution in [-0.2, 0) is 19.1 Å². The first-order chi connectivity index (χ1) is 17.4. The van der Waals surface area contributed by atoms with Gasteiger partial charge in [-0.25, -0.2) is 4.79 Å². The molecule has 2 aromatic carbocycles. The Hall–Kier alpha value is -3.45. The molecule has 1 heterocycles. The molecule has 1 aliphatic rings. The van der Waals surface area contributed by atoms with Crippen LogP contribution in [0.3, 0.4) is 0 Å². The molecule has 10 heteroatoms. The van der Waals surface area contributed by atoms with E-state index in [9.17, 15) is 14.9 Å².